The van der Waals surface area contributed by atoms with E-state index < -0.39 is 0 Å². The molecular formula is C16H18ClN3O2. The second-order valence-electron chi connectivity index (χ2n) is 4.63. The van der Waals surface area contributed by atoms with Gasteiger partial charge in [-0.3, -0.25) is 4.79 Å². The minimum Gasteiger partial charge on any atom is -0.383 e. The fourth-order valence-electron chi connectivity index (χ4n) is 1.83. The second kappa shape index (κ2) is 8.36. The normalized spacial score (nSPS) is 10.3. The molecule has 0 atom stereocenters. The summed E-state index contributed by atoms with van der Waals surface area (Å²) in [4.78, 5) is 16.0. The molecule has 1 aromatic carbocycles. The Hall–Kier alpha value is -2.11. The van der Waals surface area contributed by atoms with Crippen LogP contribution in [0, 0.1) is 0 Å². The molecule has 6 heteroatoms. The first-order valence-electron chi connectivity index (χ1n) is 6.91. The zero-order valence-corrected chi connectivity index (χ0v) is 13.1. The second-order valence-corrected chi connectivity index (χ2v) is 5.03. The van der Waals surface area contributed by atoms with Crippen molar-refractivity contribution in [1.82, 2.24) is 10.3 Å². The lowest BCUT2D eigenvalue weighted by molar-refractivity contribution is 0.0937. The van der Waals surface area contributed by atoms with Gasteiger partial charge in [-0.25, -0.2) is 4.98 Å². The number of rotatable bonds is 7. The summed E-state index contributed by atoms with van der Waals surface area (Å²) in [5, 5.41) is 6.63. The van der Waals surface area contributed by atoms with Crippen LogP contribution in [-0.2, 0) is 11.3 Å². The summed E-state index contributed by atoms with van der Waals surface area (Å²) < 4.78 is 4.88. The van der Waals surface area contributed by atoms with Gasteiger partial charge >= 0.3 is 0 Å². The number of methoxy groups -OCH3 is 1. The average Bonchev–Trinajstić information content (AvgIpc) is 2.55. The maximum Gasteiger partial charge on any atom is 0.252 e. The third kappa shape index (κ3) is 4.72. The lowest BCUT2D eigenvalue weighted by atomic mass is 10.2. The van der Waals surface area contributed by atoms with Crippen LogP contribution in [0.5, 0.6) is 0 Å². The fraction of sp³-hybridized carbons (Fsp3) is 0.250. The standard InChI is InChI=1S/C16H18ClN3O2/c1-22-9-8-18-16(21)13-6-7-15(20-11-13)19-10-12-4-2-3-5-14(12)17/h2-7,11H,8-10H2,1H3,(H,18,21)(H,19,20). The zero-order valence-electron chi connectivity index (χ0n) is 12.3. The van der Waals surface area contributed by atoms with Crippen LogP contribution >= 0.6 is 11.6 Å². The van der Waals surface area contributed by atoms with Gasteiger partial charge in [0.05, 0.1) is 12.2 Å². The monoisotopic (exact) mass is 319 g/mol. The molecule has 116 valence electrons. The van der Waals surface area contributed by atoms with Crippen molar-refractivity contribution in [1.29, 1.82) is 0 Å². The van der Waals surface area contributed by atoms with Gasteiger partial charge in [0.1, 0.15) is 5.82 Å². The Kier molecular flexibility index (Phi) is 6.18. The number of carbonyl (C=O) groups is 1. The average molecular weight is 320 g/mol. The Bertz CT molecular complexity index is 617. The third-order valence-electron chi connectivity index (χ3n) is 3.04. The number of pyridine rings is 1. The molecule has 0 spiro atoms. The molecule has 0 radical (unpaired) electrons. The van der Waals surface area contributed by atoms with E-state index in [1.807, 2.05) is 24.3 Å². The highest BCUT2D eigenvalue weighted by atomic mass is 35.5. The van der Waals surface area contributed by atoms with Crippen molar-refractivity contribution in [2.75, 3.05) is 25.6 Å². The number of ether oxygens (including phenoxy) is 1. The summed E-state index contributed by atoms with van der Waals surface area (Å²) in [6.07, 6.45) is 1.54. The molecule has 0 saturated heterocycles. The molecule has 1 heterocycles. The molecule has 22 heavy (non-hydrogen) atoms. The van der Waals surface area contributed by atoms with Crippen LogP contribution < -0.4 is 10.6 Å². The van der Waals surface area contributed by atoms with Gasteiger partial charge in [-0.05, 0) is 23.8 Å². The Balaban J connectivity index is 1.89. The molecule has 0 fully saturated rings. The highest BCUT2D eigenvalue weighted by Crippen LogP contribution is 2.16. The topological polar surface area (TPSA) is 63.2 Å². The van der Waals surface area contributed by atoms with E-state index in [0.717, 1.165) is 5.56 Å². The van der Waals surface area contributed by atoms with Crippen molar-refractivity contribution in [3.8, 4) is 0 Å². The van der Waals surface area contributed by atoms with Crippen molar-refractivity contribution in [2.45, 2.75) is 6.54 Å². The van der Waals surface area contributed by atoms with Crippen molar-refractivity contribution in [2.24, 2.45) is 0 Å². The lowest BCUT2D eigenvalue weighted by Crippen LogP contribution is -2.27. The molecule has 2 rings (SSSR count). The number of nitrogens with zero attached hydrogens (tertiary/aromatic N) is 1. The minimum absolute atomic E-state index is 0.165. The number of aromatic nitrogens is 1. The molecule has 2 N–H and O–H groups in total. The van der Waals surface area contributed by atoms with Crippen LogP contribution in [-0.4, -0.2) is 31.2 Å². The van der Waals surface area contributed by atoms with E-state index in [2.05, 4.69) is 15.6 Å². The van der Waals surface area contributed by atoms with Gasteiger partial charge in [0.25, 0.3) is 5.91 Å². The summed E-state index contributed by atoms with van der Waals surface area (Å²) in [6, 6.07) is 11.1. The molecule has 0 aliphatic heterocycles. The van der Waals surface area contributed by atoms with Crippen molar-refractivity contribution in [3.63, 3.8) is 0 Å². The highest BCUT2D eigenvalue weighted by molar-refractivity contribution is 6.31. The molecule has 0 unspecified atom stereocenters. The van der Waals surface area contributed by atoms with Crippen molar-refractivity contribution in [3.05, 3.63) is 58.7 Å². The molecule has 0 aliphatic carbocycles. The maximum atomic E-state index is 11.8. The minimum atomic E-state index is -0.165. The molecule has 1 amide bonds. The van der Waals surface area contributed by atoms with Gasteiger partial charge in [0.15, 0.2) is 0 Å². The van der Waals surface area contributed by atoms with E-state index >= 15 is 0 Å². The van der Waals surface area contributed by atoms with E-state index in [-0.39, 0.29) is 5.91 Å². The van der Waals surface area contributed by atoms with E-state index in [0.29, 0.717) is 36.1 Å². The summed E-state index contributed by atoms with van der Waals surface area (Å²) in [5.74, 6) is 0.524. The van der Waals surface area contributed by atoms with E-state index in [1.54, 1.807) is 19.2 Å². The molecule has 0 aliphatic rings. The SMILES string of the molecule is COCCNC(=O)c1ccc(NCc2ccccc2Cl)nc1. The number of halogens is 1. The summed E-state index contributed by atoms with van der Waals surface area (Å²) in [7, 11) is 1.59. The highest BCUT2D eigenvalue weighted by Gasteiger charge is 2.05. The number of hydrogen-bond acceptors (Lipinski definition) is 4. The van der Waals surface area contributed by atoms with Gasteiger partial charge < -0.3 is 15.4 Å². The van der Waals surface area contributed by atoms with Gasteiger partial charge in [-0.2, -0.15) is 0 Å². The molecule has 5 nitrogen and oxygen atoms in total. The van der Waals surface area contributed by atoms with Crippen molar-refractivity contribution >= 4 is 23.3 Å². The lowest BCUT2D eigenvalue weighted by Gasteiger charge is -2.08. The predicted molar refractivity (Wildman–Crippen MR) is 87.2 cm³/mol. The molecular weight excluding hydrogens is 302 g/mol. The number of nitrogens with one attached hydrogen (secondary N) is 2. The van der Waals surface area contributed by atoms with Gasteiger partial charge in [0.2, 0.25) is 0 Å². The zero-order chi connectivity index (χ0) is 15.8. The smallest absolute Gasteiger partial charge is 0.252 e. The fourth-order valence-corrected chi connectivity index (χ4v) is 2.03. The predicted octanol–water partition coefficient (Wildman–Crippen LogP) is 2.72. The quantitative estimate of drug-likeness (QED) is 0.770. The molecule has 0 bridgehead atoms. The largest absolute Gasteiger partial charge is 0.383 e. The first-order valence-corrected chi connectivity index (χ1v) is 7.29. The molecule has 0 saturated carbocycles. The van der Waals surface area contributed by atoms with Gasteiger partial charge in [-0.15, -0.1) is 0 Å². The van der Waals surface area contributed by atoms with Crippen molar-refractivity contribution < 1.29 is 9.53 Å². The first-order chi connectivity index (χ1) is 10.7. The van der Waals surface area contributed by atoms with Crippen LogP contribution in [0.3, 0.4) is 0 Å². The van der Waals surface area contributed by atoms with E-state index in [1.165, 1.54) is 6.20 Å². The number of anilines is 1. The Morgan fingerprint density at radius 3 is 2.77 bits per heavy atom. The van der Waals surface area contributed by atoms with Gasteiger partial charge in [-0.1, -0.05) is 29.8 Å². The summed E-state index contributed by atoms with van der Waals surface area (Å²) in [6.45, 7) is 1.53. The first kappa shape index (κ1) is 16.3. The van der Waals surface area contributed by atoms with E-state index in [4.69, 9.17) is 16.3 Å². The summed E-state index contributed by atoms with van der Waals surface area (Å²) >= 11 is 6.09. The number of amides is 1. The van der Waals surface area contributed by atoms with Crippen LogP contribution in [0.2, 0.25) is 5.02 Å². The Morgan fingerprint density at radius 2 is 2.09 bits per heavy atom. The van der Waals surface area contributed by atoms with Crippen LogP contribution in [0.25, 0.3) is 0 Å². The number of hydrogen-bond donors (Lipinski definition) is 2. The Labute approximate surface area is 134 Å². The van der Waals surface area contributed by atoms with Crippen LogP contribution in [0.4, 0.5) is 5.82 Å². The molecule has 2 aromatic rings. The Morgan fingerprint density at radius 1 is 1.27 bits per heavy atom. The van der Waals surface area contributed by atoms with E-state index in [9.17, 15) is 4.79 Å². The summed E-state index contributed by atoms with van der Waals surface area (Å²) in [5.41, 5.74) is 1.51. The van der Waals surface area contributed by atoms with Crippen LogP contribution in [0.15, 0.2) is 42.6 Å². The number of carbonyl (C=O) groups excluding carboxylic acids is 1. The molecule has 1 aromatic heterocycles. The maximum absolute atomic E-state index is 11.8. The van der Waals surface area contributed by atoms with Crippen LogP contribution in [0.1, 0.15) is 15.9 Å². The third-order valence-corrected chi connectivity index (χ3v) is 3.40. The van der Waals surface area contributed by atoms with Gasteiger partial charge in [0, 0.05) is 31.4 Å². The number of benzene rings is 1.